The van der Waals surface area contributed by atoms with E-state index in [9.17, 15) is 19.7 Å². The number of aliphatic hydroxyl groups is 2. The third-order valence-corrected chi connectivity index (χ3v) is 9.43. The Morgan fingerprint density at radius 1 is 1.07 bits per heavy atom. The molecule has 42 heavy (non-hydrogen) atoms. The van der Waals surface area contributed by atoms with Crippen LogP contribution in [0.1, 0.15) is 23.8 Å². The number of benzene rings is 2. The Labute approximate surface area is 246 Å². The SMILES string of the molecule is O=P(O)(COC[C@H]1O[C@@H](n2ncc3c(N4CC5(CCc6ccccc65)C4)nc(Cl)nc32)[C@H](O)[C@@H]1O)Oc1ccccc1. The Hall–Kier alpha value is -3.09. The van der Waals surface area contributed by atoms with Crippen LogP contribution in [0.3, 0.4) is 0 Å². The first-order chi connectivity index (χ1) is 20.2. The largest absolute Gasteiger partial charge is 0.423 e. The maximum atomic E-state index is 12.4. The van der Waals surface area contributed by atoms with Crippen molar-refractivity contribution < 1.29 is 33.7 Å². The zero-order valence-electron chi connectivity index (χ0n) is 22.4. The molecule has 3 aliphatic rings. The lowest BCUT2D eigenvalue weighted by atomic mass is 9.75. The van der Waals surface area contributed by atoms with Crippen LogP contribution in [0.2, 0.25) is 5.28 Å². The van der Waals surface area contributed by atoms with Gasteiger partial charge in [-0.15, -0.1) is 0 Å². The molecule has 0 bridgehead atoms. The van der Waals surface area contributed by atoms with Gasteiger partial charge < -0.3 is 34.0 Å². The van der Waals surface area contributed by atoms with Gasteiger partial charge in [-0.1, -0.05) is 42.5 Å². The van der Waals surface area contributed by atoms with Gasteiger partial charge in [0.05, 0.1) is 18.2 Å². The van der Waals surface area contributed by atoms with Crippen molar-refractivity contribution in [3.63, 3.8) is 0 Å². The first-order valence-corrected chi connectivity index (χ1v) is 15.8. The summed E-state index contributed by atoms with van der Waals surface area (Å²) >= 11 is 6.36. The van der Waals surface area contributed by atoms with Gasteiger partial charge in [-0.05, 0) is 47.7 Å². The minimum Gasteiger partial charge on any atom is -0.423 e. The molecule has 0 radical (unpaired) electrons. The van der Waals surface area contributed by atoms with Gasteiger partial charge in [0.1, 0.15) is 29.9 Å². The van der Waals surface area contributed by atoms with Crippen LogP contribution in [0.25, 0.3) is 11.0 Å². The van der Waals surface area contributed by atoms with Crippen LogP contribution in [-0.2, 0) is 25.9 Å². The summed E-state index contributed by atoms with van der Waals surface area (Å²) in [5.74, 6) is 0.878. The molecule has 4 heterocycles. The number of aromatic nitrogens is 4. The molecule has 12 nitrogen and oxygen atoms in total. The summed E-state index contributed by atoms with van der Waals surface area (Å²) in [6.45, 7) is 1.32. The molecule has 2 aromatic carbocycles. The Morgan fingerprint density at radius 3 is 2.64 bits per heavy atom. The minimum atomic E-state index is -4.12. The normalized spacial score (nSPS) is 25.9. The monoisotopic (exact) mass is 613 g/mol. The summed E-state index contributed by atoms with van der Waals surface area (Å²) in [7, 11) is -4.12. The third kappa shape index (κ3) is 4.87. The standard InChI is InChI=1S/C28H29ClN5O7P/c29-27-31-24(33-14-28(15-33)11-10-17-6-4-5-9-20(17)28)19-12-30-34(25(19)32-27)26-23(36)22(35)21(40-26)13-39-16-42(37,38)41-18-7-2-1-3-8-18/h1-9,12,21-23,26,35-36H,10-11,13-16H2,(H,37,38)/t21-,22-,23-,26-/m1/s1. The number of nitrogens with zero attached hydrogens (tertiary/aromatic N) is 5. The van der Waals surface area contributed by atoms with Gasteiger partial charge in [0.15, 0.2) is 18.2 Å². The molecule has 0 amide bonds. The molecule has 1 spiro atoms. The van der Waals surface area contributed by atoms with Crippen LogP contribution < -0.4 is 9.42 Å². The molecule has 7 rings (SSSR count). The third-order valence-electron chi connectivity index (χ3n) is 8.26. The van der Waals surface area contributed by atoms with Gasteiger partial charge in [-0.2, -0.15) is 15.1 Å². The number of anilines is 1. The molecule has 1 aliphatic carbocycles. The molecule has 1 unspecified atom stereocenters. The summed E-state index contributed by atoms with van der Waals surface area (Å²) in [5, 5.41) is 26.6. The highest BCUT2D eigenvalue weighted by atomic mass is 35.5. The van der Waals surface area contributed by atoms with Gasteiger partial charge in [0.2, 0.25) is 5.28 Å². The van der Waals surface area contributed by atoms with E-state index in [0.717, 1.165) is 25.9 Å². The van der Waals surface area contributed by atoms with Gasteiger partial charge in [0, 0.05) is 18.5 Å². The number of aryl methyl sites for hydroxylation is 1. The first kappa shape index (κ1) is 27.7. The van der Waals surface area contributed by atoms with Crippen LogP contribution in [0.5, 0.6) is 5.75 Å². The van der Waals surface area contributed by atoms with E-state index in [2.05, 4.69) is 44.2 Å². The molecule has 4 aromatic rings. The number of ether oxygens (including phenoxy) is 2. The van der Waals surface area contributed by atoms with Crippen molar-refractivity contribution in [3.8, 4) is 5.75 Å². The number of para-hydroxylation sites is 1. The van der Waals surface area contributed by atoms with Crippen LogP contribution in [0, 0.1) is 0 Å². The van der Waals surface area contributed by atoms with Crippen molar-refractivity contribution >= 4 is 36.0 Å². The number of rotatable bonds is 8. The summed E-state index contributed by atoms with van der Waals surface area (Å²) in [6, 6.07) is 16.8. The molecule has 2 aromatic heterocycles. The van der Waals surface area contributed by atoms with Crippen LogP contribution in [-0.4, -0.2) is 79.2 Å². The zero-order valence-corrected chi connectivity index (χ0v) is 24.0. The second kappa shape index (κ2) is 10.6. The average molecular weight is 614 g/mol. The fraction of sp³-hybridized carbons (Fsp3) is 0.393. The summed E-state index contributed by atoms with van der Waals surface area (Å²) in [4.78, 5) is 21.2. The molecular formula is C28H29ClN5O7P. The van der Waals surface area contributed by atoms with Crippen molar-refractivity contribution in [1.29, 1.82) is 0 Å². The zero-order chi connectivity index (χ0) is 29.1. The van der Waals surface area contributed by atoms with Crippen molar-refractivity contribution in [3.05, 3.63) is 77.2 Å². The quantitative estimate of drug-likeness (QED) is 0.199. The van der Waals surface area contributed by atoms with Gasteiger partial charge in [-0.3, -0.25) is 0 Å². The number of fused-ring (bicyclic) bond motifs is 3. The van der Waals surface area contributed by atoms with Gasteiger partial charge in [0.25, 0.3) is 0 Å². The molecule has 0 saturated carbocycles. The average Bonchev–Trinajstić information content (AvgIpc) is 3.62. The number of hydrogen-bond donors (Lipinski definition) is 3. The van der Waals surface area contributed by atoms with E-state index in [1.807, 2.05) is 0 Å². The Bertz CT molecular complexity index is 1670. The molecule has 2 fully saturated rings. The minimum absolute atomic E-state index is 0.0251. The molecule has 3 N–H and O–H groups in total. The summed E-state index contributed by atoms with van der Waals surface area (Å²) in [5.41, 5.74) is 3.23. The topological polar surface area (TPSA) is 152 Å². The van der Waals surface area contributed by atoms with Gasteiger partial charge >= 0.3 is 7.60 Å². The number of aliphatic hydroxyl groups excluding tert-OH is 2. The Kier molecular flexibility index (Phi) is 6.98. The van der Waals surface area contributed by atoms with E-state index in [1.54, 1.807) is 36.5 Å². The van der Waals surface area contributed by atoms with E-state index in [1.165, 1.54) is 15.8 Å². The molecule has 5 atom stereocenters. The predicted molar refractivity (Wildman–Crippen MR) is 153 cm³/mol. The highest BCUT2D eigenvalue weighted by Crippen LogP contribution is 2.48. The molecular weight excluding hydrogens is 585 g/mol. The van der Waals surface area contributed by atoms with Crippen molar-refractivity contribution in [2.24, 2.45) is 0 Å². The van der Waals surface area contributed by atoms with E-state index < -0.39 is 38.5 Å². The number of halogens is 1. The van der Waals surface area contributed by atoms with Crippen molar-refractivity contribution in [1.82, 2.24) is 19.7 Å². The number of hydrogen-bond acceptors (Lipinski definition) is 10. The fourth-order valence-corrected chi connectivity index (χ4v) is 7.26. The highest BCUT2D eigenvalue weighted by molar-refractivity contribution is 7.53. The van der Waals surface area contributed by atoms with E-state index in [0.29, 0.717) is 16.9 Å². The van der Waals surface area contributed by atoms with Crippen molar-refractivity contribution in [2.75, 3.05) is 30.9 Å². The first-order valence-electron chi connectivity index (χ1n) is 13.6. The Balaban J connectivity index is 1.05. The lowest BCUT2D eigenvalue weighted by molar-refractivity contribution is -0.0658. The molecule has 14 heteroatoms. The predicted octanol–water partition coefficient (Wildman–Crippen LogP) is 3.04. The maximum Gasteiger partial charge on any atom is 0.402 e. The van der Waals surface area contributed by atoms with Crippen molar-refractivity contribution in [2.45, 2.75) is 42.8 Å². The Morgan fingerprint density at radius 2 is 1.83 bits per heavy atom. The lowest BCUT2D eigenvalue weighted by Crippen LogP contribution is -2.58. The fourth-order valence-electron chi connectivity index (χ4n) is 6.26. The molecule has 220 valence electrons. The highest BCUT2D eigenvalue weighted by Gasteiger charge is 2.49. The van der Waals surface area contributed by atoms with Crippen LogP contribution >= 0.6 is 19.2 Å². The smallest absolute Gasteiger partial charge is 0.402 e. The van der Waals surface area contributed by atoms with Crippen LogP contribution in [0.15, 0.2) is 60.8 Å². The van der Waals surface area contributed by atoms with E-state index in [-0.39, 0.29) is 23.1 Å². The molecule has 2 aliphatic heterocycles. The summed E-state index contributed by atoms with van der Waals surface area (Å²) in [6.07, 6.45) is -1.72. The lowest BCUT2D eigenvalue weighted by Gasteiger charge is -2.49. The van der Waals surface area contributed by atoms with E-state index in [4.69, 9.17) is 25.6 Å². The second-order valence-electron chi connectivity index (χ2n) is 11.0. The maximum absolute atomic E-state index is 12.4. The summed E-state index contributed by atoms with van der Waals surface area (Å²) < 4.78 is 30.2. The molecule has 2 saturated heterocycles. The van der Waals surface area contributed by atoms with Crippen LogP contribution in [0.4, 0.5) is 5.82 Å². The van der Waals surface area contributed by atoms with E-state index >= 15 is 0 Å². The van der Waals surface area contributed by atoms with Gasteiger partial charge in [-0.25, -0.2) is 9.25 Å². The second-order valence-corrected chi connectivity index (χ2v) is 13.1.